The summed E-state index contributed by atoms with van der Waals surface area (Å²) in [5.74, 6) is 1.55. The molecular weight excluding hydrogens is 314 g/mol. The van der Waals surface area contributed by atoms with Crippen molar-refractivity contribution in [3.63, 3.8) is 0 Å². The van der Waals surface area contributed by atoms with E-state index in [-0.39, 0.29) is 17.6 Å². The molecule has 1 heterocycles. The van der Waals surface area contributed by atoms with Crippen molar-refractivity contribution in [2.45, 2.75) is 45.8 Å². The maximum absolute atomic E-state index is 12.8. The van der Waals surface area contributed by atoms with E-state index in [1.54, 1.807) is 13.2 Å². The van der Waals surface area contributed by atoms with E-state index in [0.717, 1.165) is 34.6 Å². The number of nitrogens with one attached hydrogen (secondary N) is 1. The Hall–Kier alpha value is -2.49. The van der Waals surface area contributed by atoms with Gasteiger partial charge in [0.25, 0.3) is 5.91 Å². The molecule has 4 nitrogen and oxygen atoms in total. The van der Waals surface area contributed by atoms with Crippen LogP contribution in [-0.4, -0.2) is 18.6 Å². The van der Waals surface area contributed by atoms with Crippen LogP contribution in [0.25, 0.3) is 0 Å². The van der Waals surface area contributed by atoms with Crippen LogP contribution in [0.5, 0.6) is 11.5 Å². The Morgan fingerprint density at radius 1 is 1.20 bits per heavy atom. The molecule has 0 radical (unpaired) electrons. The molecule has 3 rings (SSSR count). The largest absolute Gasteiger partial charge is 0.496 e. The first-order valence-electron chi connectivity index (χ1n) is 8.54. The molecule has 0 fully saturated rings. The maximum Gasteiger partial charge on any atom is 0.251 e. The van der Waals surface area contributed by atoms with Gasteiger partial charge in [-0.05, 0) is 63.1 Å². The van der Waals surface area contributed by atoms with Gasteiger partial charge in [-0.1, -0.05) is 12.1 Å². The molecule has 1 atom stereocenters. The van der Waals surface area contributed by atoms with E-state index < -0.39 is 0 Å². The smallest absolute Gasteiger partial charge is 0.251 e. The molecule has 132 valence electrons. The summed E-state index contributed by atoms with van der Waals surface area (Å²) in [5, 5.41) is 3.17. The number of fused-ring (bicyclic) bond motifs is 1. The summed E-state index contributed by atoms with van der Waals surface area (Å²) < 4.78 is 11.4. The Morgan fingerprint density at radius 2 is 1.96 bits per heavy atom. The molecule has 1 aliphatic heterocycles. The minimum absolute atomic E-state index is 0.0748. The maximum atomic E-state index is 12.8. The van der Waals surface area contributed by atoms with Crippen molar-refractivity contribution in [1.82, 2.24) is 5.32 Å². The van der Waals surface area contributed by atoms with E-state index in [4.69, 9.17) is 9.47 Å². The zero-order chi connectivity index (χ0) is 18.2. The minimum Gasteiger partial charge on any atom is -0.496 e. The molecule has 1 N–H and O–H groups in total. The van der Waals surface area contributed by atoms with Gasteiger partial charge in [0.15, 0.2) is 0 Å². The molecular formula is C21H25NO3. The number of aryl methyl sites for hydroxylation is 2. The third-order valence-corrected chi connectivity index (χ3v) is 4.59. The number of hydrogen-bond donors (Lipinski definition) is 1. The molecule has 4 heteroatoms. The first-order valence-corrected chi connectivity index (χ1v) is 8.54. The molecule has 25 heavy (non-hydrogen) atoms. The second kappa shape index (κ2) is 6.43. The van der Waals surface area contributed by atoms with Gasteiger partial charge in [0, 0.05) is 17.5 Å². The number of methoxy groups -OCH3 is 1. The van der Waals surface area contributed by atoms with Crippen LogP contribution < -0.4 is 14.8 Å². The molecule has 0 aliphatic carbocycles. The fourth-order valence-electron chi connectivity index (χ4n) is 3.35. The lowest BCUT2D eigenvalue weighted by Gasteiger charge is -2.38. The van der Waals surface area contributed by atoms with Gasteiger partial charge in [0.2, 0.25) is 0 Å². The van der Waals surface area contributed by atoms with Crippen molar-refractivity contribution < 1.29 is 14.3 Å². The second-order valence-corrected chi connectivity index (χ2v) is 7.32. The van der Waals surface area contributed by atoms with Gasteiger partial charge < -0.3 is 14.8 Å². The number of carbonyl (C=O) groups excluding carboxylic acids is 1. The average molecular weight is 339 g/mol. The van der Waals surface area contributed by atoms with Crippen LogP contribution in [0.4, 0.5) is 0 Å². The van der Waals surface area contributed by atoms with E-state index in [1.807, 2.05) is 38.1 Å². The standard InChI is InChI=1S/C21H25NO3/c1-13-6-8-16-17(12-21(3,4)25-19(16)10-13)22-20(23)15-7-9-18(24-5)14(2)11-15/h6-11,17H,12H2,1-5H3,(H,22,23)/t17-/m0/s1. The van der Waals surface area contributed by atoms with E-state index in [1.165, 1.54) is 0 Å². The topological polar surface area (TPSA) is 47.6 Å². The van der Waals surface area contributed by atoms with E-state index >= 15 is 0 Å². The zero-order valence-electron chi connectivity index (χ0n) is 15.5. The zero-order valence-corrected chi connectivity index (χ0v) is 15.5. The van der Waals surface area contributed by atoms with Gasteiger partial charge in [-0.25, -0.2) is 0 Å². The Labute approximate surface area is 149 Å². The molecule has 0 spiro atoms. The highest BCUT2D eigenvalue weighted by Gasteiger charge is 2.34. The third kappa shape index (κ3) is 3.63. The number of benzene rings is 2. The molecule has 0 saturated heterocycles. The van der Waals surface area contributed by atoms with Crippen LogP contribution in [0, 0.1) is 13.8 Å². The molecule has 0 saturated carbocycles. The van der Waals surface area contributed by atoms with Gasteiger partial charge in [0.05, 0.1) is 13.2 Å². The first kappa shape index (κ1) is 17.3. The van der Waals surface area contributed by atoms with Crippen LogP contribution >= 0.6 is 0 Å². The highest BCUT2D eigenvalue weighted by Crippen LogP contribution is 2.40. The molecule has 1 aliphatic rings. The number of rotatable bonds is 3. The van der Waals surface area contributed by atoms with E-state index in [0.29, 0.717) is 5.56 Å². The molecule has 0 unspecified atom stereocenters. The molecule has 1 amide bonds. The highest BCUT2D eigenvalue weighted by atomic mass is 16.5. The SMILES string of the molecule is COc1ccc(C(=O)N[C@H]2CC(C)(C)Oc3cc(C)ccc32)cc1C. The lowest BCUT2D eigenvalue weighted by Crippen LogP contribution is -2.41. The van der Waals surface area contributed by atoms with Crippen molar-refractivity contribution >= 4 is 5.91 Å². The molecule has 0 aromatic heterocycles. The predicted octanol–water partition coefficient (Wildman–Crippen LogP) is 4.34. The van der Waals surface area contributed by atoms with Crippen LogP contribution in [0.15, 0.2) is 36.4 Å². The first-order chi connectivity index (χ1) is 11.8. The van der Waals surface area contributed by atoms with Gasteiger partial charge in [-0.2, -0.15) is 0 Å². The van der Waals surface area contributed by atoms with Crippen molar-refractivity contribution in [3.05, 3.63) is 58.7 Å². The number of hydrogen-bond acceptors (Lipinski definition) is 3. The lowest BCUT2D eigenvalue weighted by molar-refractivity contribution is 0.0619. The van der Waals surface area contributed by atoms with Crippen molar-refractivity contribution in [2.24, 2.45) is 0 Å². The van der Waals surface area contributed by atoms with E-state index in [9.17, 15) is 4.79 Å². The number of ether oxygens (including phenoxy) is 2. The summed E-state index contributed by atoms with van der Waals surface area (Å²) in [5.41, 5.74) is 3.43. The normalized spacial score (nSPS) is 18.0. The quantitative estimate of drug-likeness (QED) is 0.904. The average Bonchev–Trinajstić information content (AvgIpc) is 2.53. The monoisotopic (exact) mass is 339 g/mol. The van der Waals surface area contributed by atoms with Crippen molar-refractivity contribution in [2.75, 3.05) is 7.11 Å². The Kier molecular flexibility index (Phi) is 4.46. The Balaban J connectivity index is 1.87. The molecule has 0 bridgehead atoms. The van der Waals surface area contributed by atoms with Crippen LogP contribution in [-0.2, 0) is 0 Å². The number of carbonyl (C=O) groups is 1. The highest BCUT2D eigenvalue weighted by molar-refractivity contribution is 5.95. The van der Waals surface area contributed by atoms with Crippen LogP contribution in [0.3, 0.4) is 0 Å². The summed E-state index contributed by atoms with van der Waals surface area (Å²) in [6.07, 6.45) is 0.726. The minimum atomic E-state index is -0.325. The molecule has 2 aromatic rings. The summed E-state index contributed by atoms with van der Waals surface area (Å²) in [4.78, 5) is 12.8. The molecule has 2 aromatic carbocycles. The van der Waals surface area contributed by atoms with Crippen molar-refractivity contribution in [1.29, 1.82) is 0 Å². The third-order valence-electron chi connectivity index (χ3n) is 4.59. The Bertz CT molecular complexity index is 811. The lowest BCUT2D eigenvalue weighted by atomic mass is 9.89. The Morgan fingerprint density at radius 3 is 2.64 bits per heavy atom. The van der Waals surface area contributed by atoms with E-state index in [2.05, 4.69) is 25.2 Å². The second-order valence-electron chi connectivity index (χ2n) is 7.32. The summed E-state index contributed by atoms with van der Waals surface area (Å²) in [6.45, 7) is 8.08. The van der Waals surface area contributed by atoms with Crippen LogP contribution in [0.2, 0.25) is 0 Å². The van der Waals surface area contributed by atoms with Gasteiger partial charge >= 0.3 is 0 Å². The predicted molar refractivity (Wildman–Crippen MR) is 98.4 cm³/mol. The fourth-order valence-corrected chi connectivity index (χ4v) is 3.35. The van der Waals surface area contributed by atoms with Crippen molar-refractivity contribution in [3.8, 4) is 11.5 Å². The van der Waals surface area contributed by atoms with Gasteiger partial charge in [0.1, 0.15) is 17.1 Å². The summed E-state index contributed by atoms with van der Waals surface area (Å²) >= 11 is 0. The van der Waals surface area contributed by atoms with Crippen LogP contribution in [0.1, 0.15) is 53.4 Å². The number of amides is 1. The fraction of sp³-hybridized carbons (Fsp3) is 0.381. The van der Waals surface area contributed by atoms with Gasteiger partial charge in [-0.3, -0.25) is 4.79 Å². The summed E-state index contributed by atoms with van der Waals surface area (Å²) in [6, 6.07) is 11.5. The van der Waals surface area contributed by atoms with Gasteiger partial charge in [-0.15, -0.1) is 0 Å². The summed E-state index contributed by atoms with van der Waals surface area (Å²) in [7, 11) is 1.63.